The quantitative estimate of drug-likeness (QED) is 0.595. The van der Waals surface area contributed by atoms with Crippen molar-refractivity contribution in [3.63, 3.8) is 0 Å². The fourth-order valence-corrected chi connectivity index (χ4v) is 1.81. The summed E-state index contributed by atoms with van der Waals surface area (Å²) in [5.74, 6) is 1.65. The van der Waals surface area contributed by atoms with E-state index >= 15 is 0 Å². The number of nitrogens with one attached hydrogen (secondary N) is 2. The van der Waals surface area contributed by atoms with Crippen LogP contribution in [-0.2, 0) is 0 Å². The van der Waals surface area contributed by atoms with E-state index in [9.17, 15) is 4.79 Å². The minimum atomic E-state index is -0.534. The van der Waals surface area contributed by atoms with E-state index in [1.165, 1.54) is 0 Å². The summed E-state index contributed by atoms with van der Waals surface area (Å²) in [4.78, 5) is 14.9. The van der Waals surface area contributed by atoms with Gasteiger partial charge < -0.3 is 9.47 Å². The molecule has 0 aliphatic heterocycles. The maximum atomic E-state index is 11.1. The van der Waals surface area contributed by atoms with E-state index in [0.29, 0.717) is 36.2 Å². The van der Waals surface area contributed by atoms with Crippen LogP contribution in [0.15, 0.2) is 28.1 Å². The zero-order valence-electron chi connectivity index (χ0n) is 13.3. The van der Waals surface area contributed by atoms with E-state index in [0.717, 1.165) is 5.56 Å². The van der Waals surface area contributed by atoms with Crippen LogP contribution >= 0.6 is 0 Å². The number of aromatic nitrogens is 3. The summed E-state index contributed by atoms with van der Waals surface area (Å²) in [5.41, 5.74) is 3.53. The van der Waals surface area contributed by atoms with Crippen molar-refractivity contribution in [2.45, 2.75) is 20.8 Å². The van der Waals surface area contributed by atoms with E-state index in [2.05, 4.69) is 25.7 Å². The average Bonchev–Trinajstić information content (AvgIpc) is 2.53. The SMILES string of the molecule is CCOc1ccc(/C=N\Nc2nc(=O)[nH]nc2C)cc1OCC. The molecule has 1 heterocycles. The summed E-state index contributed by atoms with van der Waals surface area (Å²) >= 11 is 0. The molecule has 0 atom stereocenters. The van der Waals surface area contributed by atoms with Crippen molar-refractivity contribution in [3.8, 4) is 11.5 Å². The van der Waals surface area contributed by atoms with Crippen LogP contribution in [0.4, 0.5) is 5.82 Å². The molecule has 23 heavy (non-hydrogen) atoms. The molecular weight excluding hydrogens is 298 g/mol. The number of hydrogen-bond acceptors (Lipinski definition) is 7. The van der Waals surface area contributed by atoms with Gasteiger partial charge in [-0.25, -0.2) is 9.89 Å². The molecule has 1 aromatic heterocycles. The van der Waals surface area contributed by atoms with Gasteiger partial charge in [0.05, 0.1) is 19.4 Å². The highest BCUT2D eigenvalue weighted by Crippen LogP contribution is 2.27. The molecule has 2 N–H and O–H groups in total. The fourth-order valence-electron chi connectivity index (χ4n) is 1.81. The Morgan fingerprint density at radius 2 is 2.00 bits per heavy atom. The summed E-state index contributed by atoms with van der Waals surface area (Å²) in [6, 6.07) is 5.51. The first-order valence-electron chi connectivity index (χ1n) is 7.26. The van der Waals surface area contributed by atoms with Crippen LogP contribution in [0.2, 0.25) is 0 Å². The highest BCUT2D eigenvalue weighted by atomic mass is 16.5. The number of hydrazone groups is 1. The number of anilines is 1. The zero-order chi connectivity index (χ0) is 16.7. The Kier molecular flexibility index (Phi) is 5.67. The topological polar surface area (TPSA) is 101 Å². The lowest BCUT2D eigenvalue weighted by Gasteiger charge is -2.11. The van der Waals surface area contributed by atoms with Crippen LogP contribution in [0, 0.1) is 6.92 Å². The van der Waals surface area contributed by atoms with Gasteiger partial charge in [-0.15, -0.1) is 0 Å². The van der Waals surface area contributed by atoms with E-state index in [4.69, 9.17) is 9.47 Å². The molecular formula is C15H19N5O3. The van der Waals surface area contributed by atoms with Crippen LogP contribution in [0.5, 0.6) is 11.5 Å². The van der Waals surface area contributed by atoms with Crippen molar-refractivity contribution < 1.29 is 9.47 Å². The Morgan fingerprint density at radius 1 is 1.26 bits per heavy atom. The number of hydrogen-bond donors (Lipinski definition) is 2. The van der Waals surface area contributed by atoms with Gasteiger partial charge in [-0.3, -0.25) is 5.43 Å². The van der Waals surface area contributed by atoms with Gasteiger partial charge in [-0.1, -0.05) is 0 Å². The van der Waals surface area contributed by atoms with Gasteiger partial charge in [0.15, 0.2) is 17.3 Å². The fraction of sp³-hybridized carbons (Fsp3) is 0.333. The Morgan fingerprint density at radius 3 is 2.74 bits per heavy atom. The highest BCUT2D eigenvalue weighted by Gasteiger charge is 2.05. The number of aromatic amines is 1. The van der Waals surface area contributed by atoms with Crippen LogP contribution in [-0.4, -0.2) is 34.6 Å². The van der Waals surface area contributed by atoms with Crippen molar-refractivity contribution >= 4 is 12.0 Å². The second-order valence-corrected chi connectivity index (χ2v) is 4.52. The third-order valence-corrected chi connectivity index (χ3v) is 2.83. The van der Waals surface area contributed by atoms with Crippen molar-refractivity contribution in [3.05, 3.63) is 39.9 Å². The molecule has 0 fully saturated rings. The predicted molar refractivity (Wildman–Crippen MR) is 87.4 cm³/mol. The molecule has 0 aliphatic carbocycles. The average molecular weight is 317 g/mol. The molecule has 0 bridgehead atoms. The maximum absolute atomic E-state index is 11.1. The predicted octanol–water partition coefficient (Wildman–Crippen LogP) is 1.72. The van der Waals surface area contributed by atoms with Crippen LogP contribution in [0.25, 0.3) is 0 Å². The normalized spacial score (nSPS) is 10.7. The molecule has 122 valence electrons. The lowest BCUT2D eigenvalue weighted by atomic mass is 10.2. The molecule has 0 saturated heterocycles. The molecule has 0 spiro atoms. The van der Waals surface area contributed by atoms with Gasteiger partial charge in [0.25, 0.3) is 0 Å². The third-order valence-electron chi connectivity index (χ3n) is 2.83. The van der Waals surface area contributed by atoms with Crippen molar-refractivity contribution in [1.29, 1.82) is 0 Å². The molecule has 2 aromatic rings. The first-order valence-corrected chi connectivity index (χ1v) is 7.26. The number of rotatable bonds is 7. The summed E-state index contributed by atoms with van der Waals surface area (Å²) in [6.45, 7) is 6.65. The van der Waals surface area contributed by atoms with Crippen molar-refractivity contribution in [1.82, 2.24) is 15.2 Å². The maximum Gasteiger partial charge on any atom is 0.363 e. The minimum Gasteiger partial charge on any atom is -0.490 e. The van der Waals surface area contributed by atoms with Gasteiger partial charge in [0.1, 0.15) is 5.69 Å². The molecule has 0 radical (unpaired) electrons. The van der Waals surface area contributed by atoms with Crippen LogP contribution in [0.1, 0.15) is 25.1 Å². The minimum absolute atomic E-state index is 0.306. The molecule has 8 heteroatoms. The lowest BCUT2D eigenvalue weighted by Crippen LogP contribution is -2.15. The van der Waals surface area contributed by atoms with E-state index < -0.39 is 5.69 Å². The molecule has 0 aliphatic rings. The van der Waals surface area contributed by atoms with Gasteiger partial charge in [0, 0.05) is 0 Å². The van der Waals surface area contributed by atoms with E-state index in [-0.39, 0.29) is 0 Å². The summed E-state index contributed by atoms with van der Waals surface area (Å²) in [7, 11) is 0. The first-order chi connectivity index (χ1) is 11.1. The Bertz CT molecular complexity index is 742. The lowest BCUT2D eigenvalue weighted by molar-refractivity contribution is 0.288. The molecule has 8 nitrogen and oxygen atoms in total. The van der Waals surface area contributed by atoms with Gasteiger partial charge in [-0.2, -0.15) is 15.2 Å². The Balaban J connectivity index is 2.14. The van der Waals surface area contributed by atoms with Gasteiger partial charge in [-0.05, 0) is 44.5 Å². The summed E-state index contributed by atoms with van der Waals surface area (Å²) in [6.07, 6.45) is 1.60. The molecule has 2 rings (SSSR count). The molecule has 0 unspecified atom stereocenters. The van der Waals surface area contributed by atoms with Gasteiger partial charge >= 0.3 is 5.69 Å². The molecule has 0 saturated carbocycles. The third kappa shape index (κ3) is 4.53. The number of ether oxygens (including phenoxy) is 2. The van der Waals surface area contributed by atoms with Crippen LogP contribution < -0.4 is 20.6 Å². The number of aryl methyl sites for hydroxylation is 1. The zero-order valence-corrected chi connectivity index (χ0v) is 13.3. The van der Waals surface area contributed by atoms with E-state index in [1.54, 1.807) is 13.1 Å². The van der Waals surface area contributed by atoms with E-state index in [1.807, 2.05) is 32.0 Å². The molecule has 0 amide bonds. The standard InChI is InChI=1S/C15H19N5O3/c1-4-22-12-7-6-11(8-13(12)23-5-2)9-16-19-14-10(3)18-20-15(21)17-14/h6-9H,4-5H2,1-3H3,(H2,17,19,20,21)/b16-9-. The van der Waals surface area contributed by atoms with Crippen molar-refractivity contribution in [2.75, 3.05) is 18.6 Å². The van der Waals surface area contributed by atoms with Gasteiger partial charge in [0.2, 0.25) is 0 Å². The Labute approximate surface area is 133 Å². The number of H-pyrrole nitrogens is 1. The monoisotopic (exact) mass is 317 g/mol. The Hall–Kier alpha value is -2.90. The number of nitrogens with zero attached hydrogens (tertiary/aromatic N) is 3. The van der Waals surface area contributed by atoms with Crippen molar-refractivity contribution in [2.24, 2.45) is 5.10 Å². The summed E-state index contributed by atoms with van der Waals surface area (Å²) < 4.78 is 11.1. The number of benzene rings is 1. The summed E-state index contributed by atoms with van der Waals surface area (Å²) in [5, 5.41) is 10.1. The smallest absolute Gasteiger partial charge is 0.363 e. The highest BCUT2D eigenvalue weighted by molar-refractivity contribution is 5.81. The molecule has 1 aromatic carbocycles. The largest absolute Gasteiger partial charge is 0.490 e. The first kappa shape index (κ1) is 16.5. The second-order valence-electron chi connectivity index (χ2n) is 4.52. The van der Waals surface area contributed by atoms with Crippen LogP contribution in [0.3, 0.4) is 0 Å². The second kappa shape index (κ2) is 7.92.